The summed E-state index contributed by atoms with van der Waals surface area (Å²) in [6.45, 7) is 6.57. The molecule has 2 aromatic rings. The topological polar surface area (TPSA) is 55.0 Å². The number of aromatic nitrogens is 2. The SMILES string of the molecule is Cc1ccc(N(C)c2nc(C)cc(CN)n2)c(C)c1. The average molecular weight is 256 g/mol. The molecule has 2 N–H and O–H groups in total. The van der Waals surface area contributed by atoms with E-state index in [1.165, 1.54) is 11.1 Å². The summed E-state index contributed by atoms with van der Waals surface area (Å²) in [5, 5.41) is 0. The smallest absolute Gasteiger partial charge is 0.230 e. The lowest BCUT2D eigenvalue weighted by atomic mass is 10.1. The average Bonchev–Trinajstić information content (AvgIpc) is 2.37. The van der Waals surface area contributed by atoms with E-state index in [9.17, 15) is 0 Å². The lowest BCUT2D eigenvalue weighted by molar-refractivity contribution is 0.921. The molecule has 0 spiro atoms. The second-order valence-electron chi connectivity index (χ2n) is 4.85. The fourth-order valence-corrected chi connectivity index (χ4v) is 2.16. The van der Waals surface area contributed by atoms with Crippen molar-refractivity contribution in [3.63, 3.8) is 0 Å². The summed E-state index contributed by atoms with van der Waals surface area (Å²) in [7, 11) is 1.98. The predicted octanol–water partition coefficient (Wildman–Crippen LogP) is 2.63. The van der Waals surface area contributed by atoms with Gasteiger partial charge in [0.25, 0.3) is 0 Å². The number of nitrogens with two attached hydrogens (primary N) is 1. The molecule has 0 unspecified atom stereocenters. The molecule has 0 aliphatic carbocycles. The maximum absolute atomic E-state index is 5.67. The van der Waals surface area contributed by atoms with Crippen molar-refractivity contribution in [2.45, 2.75) is 27.3 Å². The fourth-order valence-electron chi connectivity index (χ4n) is 2.16. The third-order valence-corrected chi connectivity index (χ3v) is 3.12. The maximum Gasteiger partial charge on any atom is 0.230 e. The van der Waals surface area contributed by atoms with Crippen LogP contribution in [0.15, 0.2) is 24.3 Å². The van der Waals surface area contributed by atoms with Crippen LogP contribution in [0.2, 0.25) is 0 Å². The van der Waals surface area contributed by atoms with Crippen LogP contribution in [0.3, 0.4) is 0 Å². The Labute approximate surface area is 114 Å². The van der Waals surface area contributed by atoms with Gasteiger partial charge >= 0.3 is 0 Å². The summed E-state index contributed by atoms with van der Waals surface area (Å²) in [5.74, 6) is 0.687. The molecule has 4 heteroatoms. The highest BCUT2D eigenvalue weighted by Crippen LogP contribution is 2.25. The second kappa shape index (κ2) is 5.36. The summed E-state index contributed by atoms with van der Waals surface area (Å²) in [4.78, 5) is 11.0. The fraction of sp³-hybridized carbons (Fsp3) is 0.333. The van der Waals surface area contributed by atoms with Gasteiger partial charge in [0.1, 0.15) is 0 Å². The lowest BCUT2D eigenvalue weighted by Crippen LogP contribution is -2.16. The van der Waals surface area contributed by atoms with Gasteiger partial charge in [-0.2, -0.15) is 0 Å². The van der Waals surface area contributed by atoms with Crippen LogP contribution in [0.4, 0.5) is 11.6 Å². The number of rotatable bonds is 3. The standard InChI is InChI=1S/C15H20N4/c1-10-5-6-14(11(2)7-10)19(4)15-17-12(3)8-13(9-16)18-15/h5-8H,9,16H2,1-4H3. The van der Waals surface area contributed by atoms with Crippen LogP contribution in [-0.4, -0.2) is 17.0 Å². The zero-order valence-corrected chi connectivity index (χ0v) is 11.9. The zero-order valence-electron chi connectivity index (χ0n) is 11.9. The molecule has 1 aromatic heterocycles. The Balaban J connectivity index is 2.43. The summed E-state index contributed by atoms with van der Waals surface area (Å²) in [5.41, 5.74) is 11.0. The van der Waals surface area contributed by atoms with E-state index >= 15 is 0 Å². The van der Waals surface area contributed by atoms with Gasteiger partial charge in [-0.3, -0.25) is 0 Å². The van der Waals surface area contributed by atoms with Crippen LogP contribution in [-0.2, 0) is 6.54 Å². The molecule has 1 heterocycles. The van der Waals surface area contributed by atoms with E-state index in [0.29, 0.717) is 12.5 Å². The van der Waals surface area contributed by atoms with Gasteiger partial charge in [0.15, 0.2) is 0 Å². The monoisotopic (exact) mass is 256 g/mol. The molecule has 0 saturated carbocycles. The number of hydrogen-bond acceptors (Lipinski definition) is 4. The Bertz CT molecular complexity index is 593. The Morgan fingerprint density at radius 3 is 2.47 bits per heavy atom. The molecule has 0 aliphatic rings. The van der Waals surface area contributed by atoms with Crippen molar-refractivity contribution in [1.82, 2.24) is 9.97 Å². The van der Waals surface area contributed by atoms with Crippen molar-refractivity contribution in [1.29, 1.82) is 0 Å². The quantitative estimate of drug-likeness (QED) is 0.917. The normalized spacial score (nSPS) is 10.6. The van der Waals surface area contributed by atoms with E-state index in [0.717, 1.165) is 17.1 Å². The van der Waals surface area contributed by atoms with Gasteiger partial charge in [-0.25, -0.2) is 9.97 Å². The highest BCUT2D eigenvalue weighted by atomic mass is 15.2. The van der Waals surface area contributed by atoms with Gasteiger partial charge in [-0.15, -0.1) is 0 Å². The van der Waals surface area contributed by atoms with Crippen molar-refractivity contribution in [2.75, 3.05) is 11.9 Å². The van der Waals surface area contributed by atoms with E-state index in [1.807, 2.05) is 24.9 Å². The van der Waals surface area contributed by atoms with Gasteiger partial charge in [-0.1, -0.05) is 17.7 Å². The number of anilines is 2. The molecular formula is C15H20N4. The second-order valence-corrected chi connectivity index (χ2v) is 4.85. The highest BCUT2D eigenvalue weighted by Gasteiger charge is 2.11. The number of hydrogen-bond donors (Lipinski definition) is 1. The first-order valence-corrected chi connectivity index (χ1v) is 6.37. The summed E-state index contributed by atoms with van der Waals surface area (Å²) >= 11 is 0. The van der Waals surface area contributed by atoms with Crippen molar-refractivity contribution in [3.8, 4) is 0 Å². The summed E-state index contributed by atoms with van der Waals surface area (Å²) in [6.07, 6.45) is 0. The number of nitrogens with zero attached hydrogens (tertiary/aromatic N) is 3. The molecule has 0 radical (unpaired) electrons. The highest BCUT2D eigenvalue weighted by molar-refractivity contribution is 5.61. The van der Waals surface area contributed by atoms with Crippen molar-refractivity contribution < 1.29 is 0 Å². The first-order valence-electron chi connectivity index (χ1n) is 6.37. The maximum atomic E-state index is 5.67. The number of aryl methyl sites for hydroxylation is 3. The minimum Gasteiger partial charge on any atom is -0.325 e. The molecule has 0 amide bonds. The molecule has 0 aliphatic heterocycles. The van der Waals surface area contributed by atoms with Crippen LogP contribution in [0.5, 0.6) is 0 Å². The van der Waals surface area contributed by atoms with Gasteiger partial charge in [0.05, 0.1) is 5.69 Å². The van der Waals surface area contributed by atoms with Crippen LogP contribution in [0, 0.1) is 20.8 Å². The summed E-state index contributed by atoms with van der Waals surface area (Å²) in [6, 6.07) is 8.27. The third-order valence-electron chi connectivity index (χ3n) is 3.12. The molecular weight excluding hydrogens is 236 g/mol. The summed E-state index contributed by atoms with van der Waals surface area (Å²) < 4.78 is 0. The first kappa shape index (κ1) is 13.5. The van der Waals surface area contributed by atoms with Crippen molar-refractivity contribution >= 4 is 11.6 Å². The zero-order chi connectivity index (χ0) is 14.0. The Hall–Kier alpha value is -1.94. The van der Waals surface area contributed by atoms with Crippen LogP contribution in [0.25, 0.3) is 0 Å². The Morgan fingerprint density at radius 2 is 1.84 bits per heavy atom. The van der Waals surface area contributed by atoms with Crippen molar-refractivity contribution in [2.24, 2.45) is 5.73 Å². The Kier molecular flexibility index (Phi) is 3.81. The molecule has 19 heavy (non-hydrogen) atoms. The minimum absolute atomic E-state index is 0.428. The number of benzene rings is 1. The molecule has 100 valence electrons. The van der Waals surface area contributed by atoms with E-state index in [4.69, 9.17) is 5.73 Å². The molecule has 1 aromatic carbocycles. The first-order chi connectivity index (χ1) is 9.01. The largest absolute Gasteiger partial charge is 0.325 e. The van der Waals surface area contributed by atoms with Crippen LogP contribution < -0.4 is 10.6 Å². The van der Waals surface area contributed by atoms with Crippen LogP contribution in [0.1, 0.15) is 22.5 Å². The molecule has 0 atom stereocenters. The van der Waals surface area contributed by atoms with Gasteiger partial charge in [-0.05, 0) is 38.5 Å². The van der Waals surface area contributed by atoms with Gasteiger partial charge in [0.2, 0.25) is 5.95 Å². The molecule has 2 rings (SSSR count). The van der Waals surface area contributed by atoms with Gasteiger partial charge in [0, 0.05) is 25.0 Å². The Morgan fingerprint density at radius 1 is 1.11 bits per heavy atom. The third kappa shape index (κ3) is 2.90. The lowest BCUT2D eigenvalue weighted by Gasteiger charge is -2.20. The van der Waals surface area contributed by atoms with Crippen molar-refractivity contribution in [3.05, 3.63) is 46.8 Å². The molecule has 0 fully saturated rings. The van der Waals surface area contributed by atoms with E-state index in [1.54, 1.807) is 0 Å². The molecule has 0 saturated heterocycles. The van der Waals surface area contributed by atoms with E-state index in [-0.39, 0.29) is 0 Å². The van der Waals surface area contributed by atoms with Gasteiger partial charge < -0.3 is 10.6 Å². The predicted molar refractivity (Wildman–Crippen MR) is 78.6 cm³/mol. The molecule has 0 bridgehead atoms. The minimum atomic E-state index is 0.428. The van der Waals surface area contributed by atoms with E-state index < -0.39 is 0 Å². The molecule has 4 nitrogen and oxygen atoms in total. The van der Waals surface area contributed by atoms with E-state index in [2.05, 4.69) is 42.0 Å². The van der Waals surface area contributed by atoms with Crippen LogP contribution >= 0.6 is 0 Å².